The summed E-state index contributed by atoms with van der Waals surface area (Å²) in [5.41, 5.74) is 0.865. The third-order valence-corrected chi connectivity index (χ3v) is 3.92. The van der Waals surface area contributed by atoms with Gasteiger partial charge in [0.15, 0.2) is 22.3 Å². The van der Waals surface area contributed by atoms with E-state index in [2.05, 4.69) is 4.98 Å². The zero-order valence-electron chi connectivity index (χ0n) is 10.9. The maximum atomic E-state index is 5.73. The van der Waals surface area contributed by atoms with Crippen molar-refractivity contribution in [2.24, 2.45) is 0 Å². The molecule has 3 aromatic rings. The van der Waals surface area contributed by atoms with Gasteiger partial charge in [0, 0.05) is 11.4 Å². The minimum atomic E-state index is 0.261. The Morgan fingerprint density at radius 3 is 3.05 bits per heavy atom. The Kier molecular flexibility index (Phi) is 3.01. The van der Waals surface area contributed by atoms with E-state index in [9.17, 15) is 0 Å². The number of benzene rings is 1. The van der Waals surface area contributed by atoms with Crippen molar-refractivity contribution in [3.8, 4) is 28.0 Å². The second-order valence-electron chi connectivity index (χ2n) is 4.43. The molecule has 0 spiro atoms. The molecule has 0 N–H and O–H groups in total. The topological polar surface area (TPSA) is 53.7 Å². The van der Waals surface area contributed by atoms with Gasteiger partial charge in [-0.15, -0.1) is 11.3 Å². The lowest BCUT2D eigenvalue weighted by molar-refractivity contribution is 0.173. The highest BCUT2D eigenvalue weighted by Gasteiger charge is 2.14. The zero-order chi connectivity index (χ0) is 14.1. The summed E-state index contributed by atoms with van der Waals surface area (Å²) >= 11 is 1.53. The minimum absolute atomic E-state index is 0.261. The van der Waals surface area contributed by atoms with Crippen LogP contribution in [0.25, 0.3) is 10.8 Å². The molecule has 3 heterocycles. The Morgan fingerprint density at radius 2 is 2.14 bits per heavy atom. The van der Waals surface area contributed by atoms with E-state index in [0.29, 0.717) is 12.4 Å². The number of thiazole rings is 1. The van der Waals surface area contributed by atoms with Gasteiger partial charge in [-0.05, 0) is 24.3 Å². The lowest BCUT2D eigenvalue weighted by Crippen LogP contribution is -1.95. The Balaban J connectivity index is 1.45. The van der Waals surface area contributed by atoms with Crippen molar-refractivity contribution in [3.63, 3.8) is 0 Å². The lowest BCUT2D eigenvalue weighted by Gasteiger charge is -2.04. The highest BCUT2D eigenvalue weighted by Crippen LogP contribution is 2.35. The molecule has 0 aliphatic carbocycles. The summed E-state index contributed by atoms with van der Waals surface area (Å²) < 4.78 is 21.6. The first-order valence-corrected chi connectivity index (χ1v) is 7.27. The minimum Gasteiger partial charge on any atom is -0.487 e. The van der Waals surface area contributed by atoms with E-state index < -0.39 is 0 Å². The maximum absolute atomic E-state index is 5.73. The molecule has 0 unspecified atom stereocenters. The third-order valence-electron chi connectivity index (χ3n) is 3.01. The average Bonchev–Trinajstić information content (AvgIpc) is 3.24. The van der Waals surface area contributed by atoms with Crippen LogP contribution in [-0.2, 0) is 6.61 Å². The molecule has 4 rings (SSSR count). The van der Waals surface area contributed by atoms with Crippen molar-refractivity contribution in [2.75, 3.05) is 6.79 Å². The van der Waals surface area contributed by atoms with Crippen LogP contribution < -0.4 is 14.2 Å². The fourth-order valence-corrected chi connectivity index (χ4v) is 2.78. The lowest BCUT2D eigenvalue weighted by atomic mass is 10.3. The van der Waals surface area contributed by atoms with Gasteiger partial charge in [0.2, 0.25) is 6.79 Å². The Hall–Kier alpha value is -2.47. The Bertz CT molecular complexity index is 751. The first kappa shape index (κ1) is 12.3. The number of furan rings is 1. The molecular formula is C15H11NO4S. The van der Waals surface area contributed by atoms with E-state index in [1.54, 1.807) is 6.26 Å². The molecule has 0 saturated carbocycles. The molecule has 106 valence electrons. The number of nitrogens with zero attached hydrogens (tertiary/aromatic N) is 1. The van der Waals surface area contributed by atoms with Crippen molar-refractivity contribution < 1.29 is 18.6 Å². The van der Waals surface area contributed by atoms with E-state index in [1.165, 1.54) is 11.3 Å². The van der Waals surface area contributed by atoms with Crippen LogP contribution in [0.2, 0.25) is 0 Å². The number of hydrogen-bond acceptors (Lipinski definition) is 6. The summed E-state index contributed by atoms with van der Waals surface area (Å²) in [5.74, 6) is 2.96. The molecule has 0 bridgehead atoms. The predicted molar refractivity (Wildman–Crippen MR) is 76.7 cm³/mol. The molecule has 21 heavy (non-hydrogen) atoms. The monoisotopic (exact) mass is 301 g/mol. The van der Waals surface area contributed by atoms with Crippen molar-refractivity contribution in [1.29, 1.82) is 0 Å². The maximum Gasteiger partial charge on any atom is 0.231 e. The largest absolute Gasteiger partial charge is 0.487 e. The van der Waals surface area contributed by atoms with Gasteiger partial charge in [-0.1, -0.05) is 0 Å². The van der Waals surface area contributed by atoms with E-state index in [1.807, 2.05) is 35.7 Å². The van der Waals surface area contributed by atoms with Crippen LogP contribution in [-0.4, -0.2) is 11.8 Å². The fourth-order valence-electron chi connectivity index (χ4n) is 2.01. The molecule has 5 nitrogen and oxygen atoms in total. The van der Waals surface area contributed by atoms with Gasteiger partial charge in [0.05, 0.1) is 12.0 Å². The van der Waals surface area contributed by atoms with E-state index in [4.69, 9.17) is 18.6 Å². The first-order chi connectivity index (χ1) is 10.4. The van der Waals surface area contributed by atoms with Gasteiger partial charge < -0.3 is 18.6 Å². The van der Waals surface area contributed by atoms with Crippen LogP contribution >= 0.6 is 11.3 Å². The van der Waals surface area contributed by atoms with E-state index in [0.717, 1.165) is 28.0 Å². The van der Waals surface area contributed by atoms with Crippen LogP contribution in [0.3, 0.4) is 0 Å². The molecular weight excluding hydrogens is 290 g/mol. The summed E-state index contributed by atoms with van der Waals surface area (Å²) in [6, 6.07) is 9.25. The van der Waals surface area contributed by atoms with Crippen molar-refractivity contribution in [3.05, 3.63) is 47.7 Å². The predicted octanol–water partition coefficient (Wildman–Crippen LogP) is 3.71. The van der Waals surface area contributed by atoms with Gasteiger partial charge in [-0.3, -0.25) is 0 Å². The van der Waals surface area contributed by atoms with Crippen LogP contribution in [0.1, 0.15) is 5.69 Å². The SMILES string of the molecule is c1coc(-c2nc(COc3ccc4c(c3)OCO4)cs2)c1. The van der Waals surface area contributed by atoms with Crippen molar-refractivity contribution in [2.45, 2.75) is 6.61 Å². The highest BCUT2D eigenvalue weighted by molar-refractivity contribution is 7.13. The van der Waals surface area contributed by atoms with Crippen LogP contribution in [0.5, 0.6) is 17.2 Å². The van der Waals surface area contributed by atoms with Gasteiger partial charge in [0.1, 0.15) is 12.4 Å². The summed E-state index contributed by atoms with van der Waals surface area (Å²) in [6.07, 6.45) is 1.64. The molecule has 1 aliphatic rings. The standard InChI is InChI=1S/C15H11NO4S/c1-2-13(17-5-1)15-16-10(8-21-15)7-18-11-3-4-12-14(6-11)20-9-19-12/h1-6,8H,7,9H2. The van der Waals surface area contributed by atoms with Gasteiger partial charge >= 0.3 is 0 Å². The number of ether oxygens (including phenoxy) is 3. The number of aromatic nitrogens is 1. The van der Waals surface area contributed by atoms with Gasteiger partial charge in [-0.25, -0.2) is 4.98 Å². The van der Waals surface area contributed by atoms with Crippen LogP contribution in [0.15, 0.2) is 46.4 Å². The molecule has 0 atom stereocenters. The second-order valence-corrected chi connectivity index (χ2v) is 5.28. The molecule has 1 aromatic carbocycles. The van der Waals surface area contributed by atoms with Crippen molar-refractivity contribution in [1.82, 2.24) is 4.98 Å². The Morgan fingerprint density at radius 1 is 1.19 bits per heavy atom. The summed E-state index contributed by atoms with van der Waals surface area (Å²) in [5, 5.41) is 2.81. The molecule has 0 amide bonds. The summed E-state index contributed by atoms with van der Waals surface area (Å²) in [6.45, 7) is 0.661. The number of hydrogen-bond donors (Lipinski definition) is 0. The number of rotatable bonds is 4. The highest BCUT2D eigenvalue weighted by atomic mass is 32.1. The molecule has 0 radical (unpaired) electrons. The second kappa shape index (κ2) is 5.14. The summed E-state index contributed by atoms with van der Waals surface area (Å²) in [7, 11) is 0. The molecule has 6 heteroatoms. The Labute approximate surface area is 124 Å². The van der Waals surface area contributed by atoms with E-state index in [-0.39, 0.29) is 6.79 Å². The molecule has 1 aliphatic heterocycles. The first-order valence-electron chi connectivity index (χ1n) is 6.39. The molecule has 0 saturated heterocycles. The van der Waals surface area contributed by atoms with Crippen LogP contribution in [0, 0.1) is 0 Å². The zero-order valence-corrected chi connectivity index (χ0v) is 11.8. The van der Waals surface area contributed by atoms with E-state index >= 15 is 0 Å². The average molecular weight is 301 g/mol. The number of fused-ring (bicyclic) bond motifs is 1. The van der Waals surface area contributed by atoms with Gasteiger partial charge in [0.25, 0.3) is 0 Å². The molecule has 0 fully saturated rings. The van der Waals surface area contributed by atoms with Crippen molar-refractivity contribution >= 4 is 11.3 Å². The smallest absolute Gasteiger partial charge is 0.231 e. The molecule has 2 aromatic heterocycles. The van der Waals surface area contributed by atoms with Gasteiger partial charge in [-0.2, -0.15) is 0 Å². The third kappa shape index (κ3) is 2.45. The summed E-state index contributed by atoms with van der Waals surface area (Å²) in [4.78, 5) is 4.48. The normalized spacial score (nSPS) is 12.6. The fraction of sp³-hybridized carbons (Fsp3) is 0.133. The quantitative estimate of drug-likeness (QED) is 0.735. The van der Waals surface area contributed by atoms with Crippen LogP contribution in [0.4, 0.5) is 0 Å².